The van der Waals surface area contributed by atoms with Gasteiger partial charge in [0.2, 0.25) is 0 Å². The monoisotopic (exact) mass is 263 g/mol. The SMILES string of the molecule is CCc1ccc(OC2CC(C)(C)OC2(C)C)c(N)c1. The molecule has 0 amide bonds. The average Bonchev–Trinajstić information content (AvgIpc) is 2.49. The van der Waals surface area contributed by atoms with Crippen molar-refractivity contribution in [1.82, 2.24) is 0 Å². The molecule has 1 fully saturated rings. The van der Waals surface area contributed by atoms with Crippen LogP contribution >= 0.6 is 0 Å². The summed E-state index contributed by atoms with van der Waals surface area (Å²) in [6.45, 7) is 10.5. The molecule has 0 aliphatic carbocycles. The molecule has 1 atom stereocenters. The third-order valence-electron chi connectivity index (χ3n) is 3.74. The van der Waals surface area contributed by atoms with Gasteiger partial charge in [-0.15, -0.1) is 0 Å². The van der Waals surface area contributed by atoms with Gasteiger partial charge < -0.3 is 15.2 Å². The minimum absolute atomic E-state index is 0.0253. The van der Waals surface area contributed by atoms with E-state index in [9.17, 15) is 0 Å². The van der Waals surface area contributed by atoms with E-state index in [1.165, 1.54) is 5.56 Å². The largest absolute Gasteiger partial charge is 0.485 e. The second-order valence-corrected chi connectivity index (χ2v) is 6.50. The van der Waals surface area contributed by atoms with Gasteiger partial charge in [-0.2, -0.15) is 0 Å². The van der Waals surface area contributed by atoms with Crippen molar-refractivity contribution in [2.75, 3.05) is 5.73 Å². The molecule has 1 saturated heterocycles. The smallest absolute Gasteiger partial charge is 0.142 e. The van der Waals surface area contributed by atoms with Crippen molar-refractivity contribution in [3.8, 4) is 5.75 Å². The molecular weight excluding hydrogens is 238 g/mol. The summed E-state index contributed by atoms with van der Waals surface area (Å²) < 4.78 is 12.1. The van der Waals surface area contributed by atoms with Gasteiger partial charge in [-0.3, -0.25) is 0 Å². The average molecular weight is 263 g/mol. The Balaban J connectivity index is 2.18. The number of aryl methyl sites for hydroxylation is 1. The van der Waals surface area contributed by atoms with Crippen LogP contribution in [0.3, 0.4) is 0 Å². The lowest BCUT2D eigenvalue weighted by Gasteiger charge is -2.27. The fraction of sp³-hybridized carbons (Fsp3) is 0.625. The Morgan fingerprint density at radius 1 is 1.32 bits per heavy atom. The Bertz CT molecular complexity index is 466. The number of hydrogen-bond donors (Lipinski definition) is 1. The van der Waals surface area contributed by atoms with Gasteiger partial charge in [0.25, 0.3) is 0 Å². The zero-order valence-corrected chi connectivity index (χ0v) is 12.6. The number of rotatable bonds is 3. The van der Waals surface area contributed by atoms with Gasteiger partial charge in [-0.25, -0.2) is 0 Å². The number of anilines is 1. The highest BCUT2D eigenvalue weighted by atomic mass is 16.6. The van der Waals surface area contributed by atoms with Crippen LogP contribution in [0.2, 0.25) is 0 Å². The molecular formula is C16H25NO2. The minimum atomic E-state index is -0.292. The van der Waals surface area contributed by atoms with Gasteiger partial charge in [-0.05, 0) is 51.8 Å². The van der Waals surface area contributed by atoms with Gasteiger partial charge in [-0.1, -0.05) is 13.0 Å². The molecule has 1 aliphatic heterocycles. The Morgan fingerprint density at radius 3 is 2.47 bits per heavy atom. The molecule has 1 unspecified atom stereocenters. The quantitative estimate of drug-likeness (QED) is 0.848. The van der Waals surface area contributed by atoms with Crippen LogP contribution in [0.15, 0.2) is 18.2 Å². The zero-order chi connectivity index (χ0) is 14.3. The van der Waals surface area contributed by atoms with Crippen molar-refractivity contribution >= 4 is 5.69 Å². The predicted molar refractivity (Wildman–Crippen MR) is 78.5 cm³/mol. The predicted octanol–water partition coefficient (Wildman–Crippen LogP) is 3.56. The van der Waals surface area contributed by atoms with Crippen LogP contribution in [-0.2, 0) is 11.2 Å². The van der Waals surface area contributed by atoms with E-state index < -0.39 is 0 Å². The van der Waals surface area contributed by atoms with E-state index in [1.807, 2.05) is 12.1 Å². The molecule has 1 heterocycles. The van der Waals surface area contributed by atoms with E-state index in [1.54, 1.807) is 0 Å². The van der Waals surface area contributed by atoms with E-state index in [0.29, 0.717) is 5.69 Å². The maximum Gasteiger partial charge on any atom is 0.142 e. The van der Waals surface area contributed by atoms with E-state index in [-0.39, 0.29) is 17.3 Å². The van der Waals surface area contributed by atoms with Crippen LogP contribution in [0.4, 0.5) is 5.69 Å². The second-order valence-electron chi connectivity index (χ2n) is 6.50. The molecule has 0 aromatic heterocycles. The first kappa shape index (κ1) is 14.2. The number of ether oxygens (including phenoxy) is 2. The van der Waals surface area contributed by atoms with E-state index >= 15 is 0 Å². The van der Waals surface area contributed by atoms with Gasteiger partial charge in [0.05, 0.1) is 11.3 Å². The summed E-state index contributed by atoms with van der Waals surface area (Å²) in [6.07, 6.45) is 1.88. The molecule has 1 aliphatic rings. The standard InChI is InChI=1S/C16H25NO2/c1-6-11-7-8-13(12(17)9-11)18-14-10-15(2,3)19-16(14,4)5/h7-9,14H,6,10,17H2,1-5H3. The molecule has 0 bridgehead atoms. The molecule has 1 aromatic carbocycles. The molecule has 2 N–H and O–H groups in total. The Labute approximate surface area is 116 Å². The summed E-state index contributed by atoms with van der Waals surface area (Å²) in [6, 6.07) is 6.03. The number of nitrogens with two attached hydrogens (primary N) is 1. The molecule has 0 spiro atoms. The van der Waals surface area contributed by atoms with Crippen molar-refractivity contribution in [2.24, 2.45) is 0 Å². The molecule has 19 heavy (non-hydrogen) atoms. The molecule has 3 heteroatoms. The fourth-order valence-corrected chi connectivity index (χ4v) is 2.77. The summed E-state index contributed by atoms with van der Waals surface area (Å²) in [5, 5.41) is 0. The summed E-state index contributed by atoms with van der Waals surface area (Å²) in [5.41, 5.74) is 7.56. The van der Waals surface area contributed by atoms with Gasteiger partial charge in [0.1, 0.15) is 17.5 Å². The topological polar surface area (TPSA) is 44.5 Å². The van der Waals surface area contributed by atoms with E-state index in [4.69, 9.17) is 15.2 Å². The minimum Gasteiger partial charge on any atom is -0.485 e. The van der Waals surface area contributed by atoms with Crippen LogP contribution in [0.25, 0.3) is 0 Å². The second kappa shape index (κ2) is 4.71. The summed E-state index contributed by atoms with van der Waals surface area (Å²) in [7, 11) is 0. The number of benzene rings is 1. The molecule has 2 rings (SSSR count). The van der Waals surface area contributed by atoms with E-state index in [0.717, 1.165) is 18.6 Å². The normalized spacial score (nSPS) is 24.4. The van der Waals surface area contributed by atoms with Crippen molar-refractivity contribution in [3.05, 3.63) is 23.8 Å². The van der Waals surface area contributed by atoms with Crippen molar-refractivity contribution < 1.29 is 9.47 Å². The molecule has 0 saturated carbocycles. The first-order valence-electron chi connectivity index (χ1n) is 6.99. The van der Waals surface area contributed by atoms with Gasteiger partial charge in [0, 0.05) is 6.42 Å². The van der Waals surface area contributed by atoms with Crippen molar-refractivity contribution in [1.29, 1.82) is 0 Å². The third-order valence-corrected chi connectivity index (χ3v) is 3.74. The first-order valence-corrected chi connectivity index (χ1v) is 6.99. The van der Waals surface area contributed by atoms with Crippen molar-refractivity contribution in [2.45, 2.75) is 64.8 Å². The van der Waals surface area contributed by atoms with Crippen LogP contribution in [0, 0.1) is 0 Å². The maximum absolute atomic E-state index is 6.11. The maximum atomic E-state index is 6.11. The van der Waals surface area contributed by atoms with Crippen molar-refractivity contribution in [3.63, 3.8) is 0 Å². The third kappa shape index (κ3) is 3.03. The highest BCUT2D eigenvalue weighted by Crippen LogP contribution is 2.40. The molecule has 106 valence electrons. The van der Waals surface area contributed by atoms with Gasteiger partial charge in [0.15, 0.2) is 0 Å². The molecule has 3 nitrogen and oxygen atoms in total. The zero-order valence-electron chi connectivity index (χ0n) is 12.6. The van der Waals surface area contributed by atoms with Crippen LogP contribution < -0.4 is 10.5 Å². The fourth-order valence-electron chi connectivity index (χ4n) is 2.77. The summed E-state index contributed by atoms with van der Waals surface area (Å²) in [4.78, 5) is 0. The van der Waals surface area contributed by atoms with Crippen LogP contribution in [0.1, 0.15) is 46.6 Å². The lowest BCUT2D eigenvalue weighted by atomic mass is 9.97. The molecule has 1 aromatic rings. The Morgan fingerprint density at radius 2 is 2.00 bits per heavy atom. The summed E-state index contributed by atoms with van der Waals surface area (Å²) >= 11 is 0. The highest BCUT2D eigenvalue weighted by molar-refractivity contribution is 5.54. The Hall–Kier alpha value is -1.22. The van der Waals surface area contributed by atoms with Gasteiger partial charge >= 0.3 is 0 Å². The highest BCUT2D eigenvalue weighted by Gasteiger charge is 2.47. The summed E-state index contributed by atoms with van der Waals surface area (Å²) in [5.74, 6) is 0.761. The first-order chi connectivity index (χ1) is 8.73. The lowest BCUT2D eigenvalue weighted by molar-refractivity contribution is -0.0845. The Kier molecular flexibility index (Phi) is 3.52. The van der Waals surface area contributed by atoms with E-state index in [2.05, 4.69) is 40.7 Å². The van der Waals surface area contributed by atoms with Crippen LogP contribution in [-0.4, -0.2) is 17.3 Å². The lowest BCUT2D eigenvalue weighted by Crippen LogP contribution is -2.36. The number of nitrogen functional groups attached to an aromatic ring is 1. The number of hydrogen-bond acceptors (Lipinski definition) is 3. The van der Waals surface area contributed by atoms with Crippen LogP contribution in [0.5, 0.6) is 5.75 Å². The molecule has 0 radical (unpaired) electrons.